The summed E-state index contributed by atoms with van der Waals surface area (Å²) in [5.41, 5.74) is 0.961. The third-order valence-corrected chi connectivity index (χ3v) is 4.67. The van der Waals surface area contributed by atoms with E-state index in [1.165, 1.54) is 9.75 Å². The van der Waals surface area contributed by atoms with Gasteiger partial charge in [0.05, 0.1) is 6.10 Å². The number of rotatable bonds is 6. The van der Waals surface area contributed by atoms with E-state index in [4.69, 9.17) is 0 Å². The van der Waals surface area contributed by atoms with Crippen molar-refractivity contribution in [2.24, 2.45) is 0 Å². The number of aliphatic hydroxyl groups excluding tert-OH is 1. The van der Waals surface area contributed by atoms with Crippen molar-refractivity contribution in [3.05, 3.63) is 57.8 Å². The Kier molecular flexibility index (Phi) is 5.14. The van der Waals surface area contributed by atoms with Crippen LogP contribution < -0.4 is 5.32 Å². The van der Waals surface area contributed by atoms with Gasteiger partial charge in [-0.1, -0.05) is 37.3 Å². The van der Waals surface area contributed by atoms with Crippen molar-refractivity contribution in [3.8, 4) is 0 Å². The highest BCUT2D eigenvalue weighted by atomic mass is 32.1. The molecule has 2 unspecified atom stereocenters. The normalized spacial score (nSPS) is 14.3. The fourth-order valence-corrected chi connectivity index (χ4v) is 2.98. The molecule has 3 heteroatoms. The minimum atomic E-state index is -0.450. The van der Waals surface area contributed by atoms with Crippen molar-refractivity contribution in [2.75, 3.05) is 6.54 Å². The fourth-order valence-electron chi connectivity index (χ4n) is 2.00. The van der Waals surface area contributed by atoms with Gasteiger partial charge in [0.15, 0.2) is 0 Å². The molecule has 0 saturated heterocycles. The van der Waals surface area contributed by atoms with Gasteiger partial charge in [0.2, 0.25) is 0 Å². The van der Waals surface area contributed by atoms with E-state index in [1.54, 1.807) is 0 Å². The summed E-state index contributed by atoms with van der Waals surface area (Å²) in [7, 11) is 0. The van der Waals surface area contributed by atoms with Gasteiger partial charge in [0, 0.05) is 22.3 Å². The van der Waals surface area contributed by atoms with Crippen molar-refractivity contribution in [2.45, 2.75) is 32.4 Å². The van der Waals surface area contributed by atoms with Crippen molar-refractivity contribution in [3.63, 3.8) is 0 Å². The summed E-state index contributed by atoms with van der Waals surface area (Å²) in [6.07, 6.45) is 0.638. The van der Waals surface area contributed by atoms with Crippen LogP contribution >= 0.6 is 11.3 Å². The van der Waals surface area contributed by atoms with Crippen molar-refractivity contribution in [1.29, 1.82) is 0 Å². The van der Waals surface area contributed by atoms with Gasteiger partial charge in [-0.2, -0.15) is 0 Å². The summed E-state index contributed by atoms with van der Waals surface area (Å²) in [6, 6.07) is 14.4. The van der Waals surface area contributed by atoms with Gasteiger partial charge in [-0.25, -0.2) is 0 Å². The lowest BCUT2D eigenvalue weighted by Gasteiger charge is -2.16. The second-order valence-corrected chi connectivity index (χ2v) is 5.91. The lowest BCUT2D eigenvalue weighted by Crippen LogP contribution is -2.24. The van der Waals surface area contributed by atoms with Crippen molar-refractivity contribution < 1.29 is 5.11 Å². The van der Waals surface area contributed by atoms with Crippen LogP contribution in [0.25, 0.3) is 0 Å². The summed E-state index contributed by atoms with van der Waals surface area (Å²) in [4.78, 5) is 2.74. The lowest BCUT2D eigenvalue weighted by atomic mass is 10.1. The van der Waals surface area contributed by atoms with E-state index in [2.05, 4.69) is 31.3 Å². The van der Waals surface area contributed by atoms with Crippen LogP contribution in [0.1, 0.15) is 41.3 Å². The second kappa shape index (κ2) is 6.85. The number of aliphatic hydroxyl groups is 1. The van der Waals surface area contributed by atoms with Crippen LogP contribution in [-0.2, 0) is 6.42 Å². The van der Waals surface area contributed by atoms with E-state index in [-0.39, 0.29) is 6.04 Å². The molecule has 1 aromatic heterocycles. The van der Waals surface area contributed by atoms with Crippen molar-refractivity contribution in [1.82, 2.24) is 5.32 Å². The quantitative estimate of drug-likeness (QED) is 0.842. The van der Waals surface area contributed by atoms with Crippen LogP contribution in [0.2, 0.25) is 0 Å². The molecule has 0 aliphatic rings. The number of nitrogens with one attached hydrogen (secondary N) is 1. The standard InChI is InChI=1S/C16H21NOS/c1-3-14-9-10-16(19-14)12(2)17-11-15(18)13-7-5-4-6-8-13/h4-10,12,15,17-18H,3,11H2,1-2H3. The van der Waals surface area contributed by atoms with Crippen LogP contribution in [0.15, 0.2) is 42.5 Å². The van der Waals surface area contributed by atoms with E-state index in [0.29, 0.717) is 6.54 Å². The molecular weight excluding hydrogens is 254 g/mol. The first kappa shape index (κ1) is 14.3. The Labute approximate surface area is 119 Å². The van der Waals surface area contributed by atoms with Crippen LogP contribution in [-0.4, -0.2) is 11.7 Å². The molecule has 0 bridgehead atoms. The third-order valence-electron chi connectivity index (χ3n) is 3.26. The van der Waals surface area contributed by atoms with E-state index in [1.807, 2.05) is 41.7 Å². The Morgan fingerprint density at radius 3 is 2.53 bits per heavy atom. The minimum absolute atomic E-state index is 0.281. The molecule has 2 nitrogen and oxygen atoms in total. The Hall–Kier alpha value is -1.16. The third kappa shape index (κ3) is 3.90. The molecule has 0 aliphatic carbocycles. The largest absolute Gasteiger partial charge is 0.387 e. The summed E-state index contributed by atoms with van der Waals surface area (Å²) < 4.78 is 0. The number of thiophene rings is 1. The van der Waals surface area contributed by atoms with Gasteiger partial charge in [-0.05, 0) is 31.0 Å². The zero-order valence-electron chi connectivity index (χ0n) is 11.5. The molecule has 2 rings (SSSR count). The van der Waals surface area contributed by atoms with Gasteiger partial charge in [0.1, 0.15) is 0 Å². The average Bonchev–Trinajstić information content (AvgIpc) is 2.94. The molecule has 0 fully saturated rings. The monoisotopic (exact) mass is 275 g/mol. The first-order valence-corrected chi connectivity index (χ1v) is 7.57. The zero-order chi connectivity index (χ0) is 13.7. The second-order valence-electron chi connectivity index (χ2n) is 4.71. The van der Waals surface area contributed by atoms with Crippen LogP contribution in [0.4, 0.5) is 0 Å². The SMILES string of the molecule is CCc1ccc(C(C)NCC(O)c2ccccc2)s1. The summed E-state index contributed by atoms with van der Waals surface area (Å²) in [6.45, 7) is 4.89. The molecule has 0 saturated carbocycles. The average molecular weight is 275 g/mol. The molecule has 19 heavy (non-hydrogen) atoms. The van der Waals surface area contributed by atoms with Gasteiger partial charge < -0.3 is 10.4 Å². The maximum Gasteiger partial charge on any atom is 0.0914 e. The number of hydrogen-bond donors (Lipinski definition) is 2. The zero-order valence-corrected chi connectivity index (χ0v) is 12.3. The Morgan fingerprint density at radius 1 is 1.16 bits per heavy atom. The molecule has 0 aliphatic heterocycles. The number of hydrogen-bond acceptors (Lipinski definition) is 3. The highest BCUT2D eigenvalue weighted by Crippen LogP contribution is 2.24. The number of benzene rings is 1. The topological polar surface area (TPSA) is 32.3 Å². The maximum atomic E-state index is 10.1. The maximum absolute atomic E-state index is 10.1. The van der Waals surface area contributed by atoms with E-state index < -0.39 is 6.10 Å². The van der Waals surface area contributed by atoms with Crippen LogP contribution in [0, 0.1) is 0 Å². The molecule has 0 spiro atoms. The minimum Gasteiger partial charge on any atom is -0.387 e. The predicted octanol–water partition coefficient (Wildman–Crippen LogP) is 3.69. The summed E-state index contributed by atoms with van der Waals surface area (Å²) in [5.74, 6) is 0. The lowest BCUT2D eigenvalue weighted by molar-refractivity contribution is 0.171. The molecule has 2 N–H and O–H groups in total. The van der Waals surface area contributed by atoms with Gasteiger partial charge in [-0.3, -0.25) is 0 Å². The Morgan fingerprint density at radius 2 is 1.89 bits per heavy atom. The van der Waals surface area contributed by atoms with E-state index >= 15 is 0 Å². The fraction of sp³-hybridized carbons (Fsp3) is 0.375. The van der Waals surface area contributed by atoms with Gasteiger partial charge >= 0.3 is 0 Å². The van der Waals surface area contributed by atoms with Gasteiger partial charge in [0.25, 0.3) is 0 Å². The molecule has 102 valence electrons. The van der Waals surface area contributed by atoms with Crippen LogP contribution in [0.5, 0.6) is 0 Å². The molecule has 0 radical (unpaired) electrons. The Balaban J connectivity index is 1.88. The van der Waals surface area contributed by atoms with Crippen LogP contribution in [0.3, 0.4) is 0 Å². The molecule has 0 amide bonds. The highest BCUT2D eigenvalue weighted by molar-refractivity contribution is 7.12. The summed E-state index contributed by atoms with van der Waals surface area (Å²) >= 11 is 1.84. The number of aryl methyl sites for hydroxylation is 1. The highest BCUT2D eigenvalue weighted by Gasteiger charge is 2.11. The molecular formula is C16H21NOS. The molecule has 2 atom stereocenters. The summed E-state index contributed by atoms with van der Waals surface area (Å²) in [5, 5.41) is 13.5. The van der Waals surface area contributed by atoms with Crippen molar-refractivity contribution >= 4 is 11.3 Å². The smallest absolute Gasteiger partial charge is 0.0914 e. The Bertz CT molecular complexity index is 494. The van der Waals surface area contributed by atoms with Gasteiger partial charge in [-0.15, -0.1) is 11.3 Å². The first-order chi connectivity index (χ1) is 9.20. The molecule has 1 heterocycles. The molecule has 1 aromatic carbocycles. The predicted molar refractivity (Wildman–Crippen MR) is 81.5 cm³/mol. The van der Waals surface area contributed by atoms with E-state index in [9.17, 15) is 5.11 Å². The van der Waals surface area contributed by atoms with E-state index in [0.717, 1.165) is 12.0 Å². The first-order valence-electron chi connectivity index (χ1n) is 6.75. The molecule has 2 aromatic rings.